The quantitative estimate of drug-likeness (QED) is 0.620. The number of aliphatic imine (C=N–C) groups is 1. The molecule has 0 unspecified atom stereocenters. The first kappa shape index (κ1) is 15.4. The Hall–Kier alpha value is -2.01. The monoisotopic (exact) mass is 299 g/mol. The van der Waals surface area contributed by atoms with Crippen LogP contribution in [0.25, 0.3) is 0 Å². The van der Waals surface area contributed by atoms with Crippen molar-refractivity contribution in [2.75, 3.05) is 0 Å². The number of hydrogen-bond donors (Lipinski definition) is 0. The highest BCUT2D eigenvalue weighted by molar-refractivity contribution is 6.70. The summed E-state index contributed by atoms with van der Waals surface area (Å²) in [5, 5.41) is 0. The molecule has 0 spiro atoms. The molecule has 5 heteroatoms. The molecule has 110 valence electrons. The van der Waals surface area contributed by atoms with E-state index in [2.05, 4.69) is 34.6 Å². The van der Waals surface area contributed by atoms with Gasteiger partial charge in [0.1, 0.15) is 11.4 Å². The molecule has 4 nitrogen and oxygen atoms in total. The van der Waals surface area contributed by atoms with Crippen LogP contribution in [0.2, 0.25) is 19.6 Å². The predicted molar refractivity (Wildman–Crippen MR) is 89.0 cm³/mol. The fraction of sp³-hybridized carbons (Fsp3) is 0.312. The molecule has 0 radical (unpaired) electrons. The summed E-state index contributed by atoms with van der Waals surface area (Å²) in [6, 6.07) is 7.88. The van der Waals surface area contributed by atoms with E-state index in [0.717, 1.165) is 22.8 Å². The Balaban J connectivity index is 2.10. The smallest absolute Gasteiger partial charge is 0.242 e. The van der Waals surface area contributed by atoms with E-state index in [-0.39, 0.29) is 0 Å². The van der Waals surface area contributed by atoms with Gasteiger partial charge in [-0.2, -0.15) is 0 Å². The van der Waals surface area contributed by atoms with Crippen LogP contribution < -0.4 is 4.43 Å². The van der Waals surface area contributed by atoms with Crippen LogP contribution in [0.4, 0.5) is 5.69 Å². The first-order valence-corrected chi connectivity index (χ1v) is 10.4. The van der Waals surface area contributed by atoms with Gasteiger partial charge in [0.15, 0.2) is 0 Å². The topological polar surface area (TPSA) is 47.4 Å². The first-order valence-electron chi connectivity index (χ1n) is 7.02. The lowest BCUT2D eigenvalue weighted by Crippen LogP contribution is -2.29. The van der Waals surface area contributed by atoms with E-state index >= 15 is 0 Å². The second kappa shape index (κ2) is 6.63. The summed E-state index contributed by atoms with van der Waals surface area (Å²) in [6.07, 6.45) is 6.03. The van der Waals surface area contributed by atoms with Gasteiger partial charge in [-0.15, -0.1) is 0 Å². The number of aryl methyl sites for hydroxylation is 1. The fourth-order valence-electron chi connectivity index (χ4n) is 1.83. The number of aromatic nitrogens is 2. The Morgan fingerprint density at radius 2 is 1.95 bits per heavy atom. The third-order valence-electron chi connectivity index (χ3n) is 2.62. The molecule has 1 aromatic heterocycles. The Bertz CT molecular complexity index is 635. The van der Waals surface area contributed by atoms with Gasteiger partial charge in [0.25, 0.3) is 0 Å². The summed E-state index contributed by atoms with van der Waals surface area (Å²) >= 11 is 0. The predicted octanol–water partition coefficient (Wildman–Crippen LogP) is 3.94. The van der Waals surface area contributed by atoms with Crippen LogP contribution in [0.3, 0.4) is 0 Å². The summed E-state index contributed by atoms with van der Waals surface area (Å²) in [5.41, 5.74) is 2.70. The van der Waals surface area contributed by atoms with Crippen LogP contribution in [0.1, 0.15) is 11.4 Å². The molecular weight excluding hydrogens is 278 g/mol. The zero-order valence-electron chi connectivity index (χ0n) is 13.0. The largest absolute Gasteiger partial charge is 0.543 e. The van der Waals surface area contributed by atoms with Gasteiger partial charge in [-0.3, -0.25) is 15.0 Å². The second-order valence-corrected chi connectivity index (χ2v) is 10.3. The van der Waals surface area contributed by atoms with Gasteiger partial charge >= 0.3 is 0 Å². The van der Waals surface area contributed by atoms with Crippen molar-refractivity contribution in [1.82, 2.24) is 9.97 Å². The minimum absolute atomic E-state index is 0.663. The number of nitrogens with zero attached hydrogens (tertiary/aromatic N) is 3. The Morgan fingerprint density at radius 3 is 2.67 bits per heavy atom. The normalized spacial score (nSPS) is 11.8. The van der Waals surface area contributed by atoms with Crippen molar-refractivity contribution in [3.05, 3.63) is 48.0 Å². The molecule has 0 aliphatic heterocycles. The van der Waals surface area contributed by atoms with Gasteiger partial charge < -0.3 is 4.43 Å². The van der Waals surface area contributed by atoms with E-state index in [1.54, 1.807) is 12.4 Å². The summed E-state index contributed by atoms with van der Waals surface area (Å²) in [4.78, 5) is 13.1. The van der Waals surface area contributed by atoms with Gasteiger partial charge in [0, 0.05) is 25.0 Å². The number of benzene rings is 1. The first-order chi connectivity index (χ1) is 9.94. The maximum Gasteiger partial charge on any atom is 0.242 e. The van der Waals surface area contributed by atoms with Crippen molar-refractivity contribution >= 4 is 20.2 Å². The minimum Gasteiger partial charge on any atom is -0.543 e. The lowest BCUT2D eigenvalue weighted by Gasteiger charge is -2.20. The molecule has 0 fully saturated rings. The standard InChI is InChI=1S/C16H21N3OSi/c1-13-11-17-12-14(19-13)9-10-18-15-7-5-6-8-16(15)20-21(2,3)4/h5-8,10-12H,9H2,1-4H3. The van der Waals surface area contributed by atoms with Crippen molar-refractivity contribution < 1.29 is 4.43 Å². The van der Waals surface area contributed by atoms with Crippen LogP contribution >= 0.6 is 0 Å². The number of rotatable bonds is 5. The van der Waals surface area contributed by atoms with Crippen LogP contribution in [0.15, 0.2) is 41.7 Å². The van der Waals surface area contributed by atoms with Crippen molar-refractivity contribution in [3.63, 3.8) is 0 Å². The highest BCUT2D eigenvalue weighted by atomic mass is 28.4. The number of hydrogen-bond acceptors (Lipinski definition) is 4. The number of para-hydroxylation sites is 2. The van der Waals surface area contributed by atoms with Crippen LogP contribution in [0.5, 0.6) is 5.75 Å². The van der Waals surface area contributed by atoms with Gasteiger partial charge in [0.05, 0.1) is 11.4 Å². The van der Waals surface area contributed by atoms with Gasteiger partial charge in [-0.25, -0.2) is 0 Å². The zero-order valence-corrected chi connectivity index (χ0v) is 14.0. The van der Waals surface area contributed by atoms with Crippen molar-refractivity contribution in [2.24, 2.45) is 4.99 Å². The maximum absolute atomic E-state index is 6.05. The summed E-state index contributed by atoms with van der Waals surface area (Å²) in [7, 11) is -1.64. The average Bonchev–Trinajstić information content (AvgIpc) is 2.39. The minimum atomic E-state index is -1.64. The maximum atomic E-state index is 6.05. The second-order valence-electron chi connectivity index (χ2n) is 5.85. The summed E-state index contributed by atoms with van der Waals surface area (Å²) < 4.78 is 6.05. The fourth-order valence-corrected chi connectivity index (χ4v) is 2.66. The lowest BCUT2D eigenvalue weighted by atomic mass is 10.3. The van der Waals surface area contributed by atoms with E-state index < -0.39 is 8.32 Å². The molecule has 0 bridgehead atoms. The van der Waals surface area contributed by atoms with E-state index in [1.807, 2.05) is 37.4 Å². The molecule has 2 rings (SSSR count). The Labute approximate surface area is 127 Å². The molecule has 0 aliphatic carbocycles. The third-order valence-corrected chi connectivity index (χ3v) is 3.45. The molecule has 0 aliphatic rings. The average molecular weight is 299 g/mol. The van der Waals surface area contributed by atoms with E-state index in [4.69, 9.17) is 4.43 Å². The molecule has 1 aromatic carbocycles. The molecule has 21 heavy (non-hydrogen) atoms. The van der Waals surface area contributed by atoms with E-state index in [9.17, 15) is 0 Å². The van der Waals surface area contributed by atoms with Gasteiger partial charge in [-0.05, 0) is 38.7 Å². The molecule has 0 N–H and O–H groups in total. The van der Waals surface area contributed by atoms with Crippen LogP contribution in [-0.2, 0) is 6.42 Å². The molecule has 0 amide bonds. The Kier molecular flexibility index (Phi) is 4.85. The highest BCUT2D eigenvalue weighted by Gasteiger charge is 2.17. The van der Waals surface area contributed by atoms with Gasteiger partial charge in [-0.1, -0.05) is 12.1 Å². The summed E-state index contributed by atoms with van der Waals surface area (Å²) in [5.74, 6) is 0.850. The SMILES string of the molecule is Cc1cncc(CC=Nc2ccccc2O[Si](C)(C)C)n1. The highest BCUT2D eigenvalue weighted by Crippen LogP contribution is 2.28. The lowest BCUT2D eigenvalue weighted by molar-refractivity contribution is 0.559. The third kappa shape index (κ3) is 5.11. The molecule has 2 aromatic rings. The van der Waals surface area contributed by atoms with E-state index in [0.29, 0.717) is 6.42 Å². The van der Waals surface area contributed by atoms with Crippen LogP contribution in [-0.4, -0.2) is 24.5 Å². The molecule has 0 saturated heterocycles. The van der Waals surface area contributed by atoms with Gasteiger partial charge in [0.2, 0.25) is 8.32 Å². The molecule has 0 atom stereocenters. The van der Waals surface area contributed by atoms with Crippen molar-refractivity contribution in [3.8, 4) is 5.75 Å². The molecule has 0 saturated carbocycles. The molecular formula is C16H21N3OSi. The Morgan fingerprint density at radius 1 is 1.19 bits per heavy atom. The van der Waals surface area contributed by atoms with Crippen LogP contribution in [0, 0.1) is 6.92 Å². The zero-order chi connectivity index (χ0) is 15.3. The van der Waals surface area contributed by atoms with Crippen molar-refractivity contribution in [1.29, 1.82) is 0 Å². The van der Waals surface area contributed by atoms with Crippen molar-refractivity contribution in [2.45, 2.75) is 33.0 Å². The molecule has 1 heterocycles. The summed E-state index contributed by atoms with van der Waals surface area (Å²) in [6.45, 7) is 8.42. The van der Waals surface area contributed by atoms with E-state index in [1.165, 1.54) is 0 Å².